The molecule has 2 saturated heterocycles. The highest BCUT2D eigenvalue weighted by Crippen LogP contribution is 2.48. The van der Waals surface area contributed by atoms with E-state index in [-0.39, 0.29) is 36.1 Å². The lowest BCUT2D eigenvalue weighted by molar-refractivity contribution is -0.126. The van der Waals surface area contributed by atoms with Crippen molar-refractivity contribution in [2.24, 2.45) is 5.92 Å². The van der Waals surface area contributed by atoms with E-state index >= 15 is 4.39 Å². The monoisotopic (exact) mass is 676 g/mol. The Morgan fingerprint density at radius 3 is 2.47 bits per heavy atom. The molecule has 9 nitrogen and oxygen atoms in total. The Bertz CT molecular complexity index is 1750. The maximum Gasteiger partial charge on any atom is 0.233 e. The van der Waals surface area contributed by atoms with Gasteiger partial charge < -0.3 is 18.9 Å². The standard InChI is InChI=1S/C32H31Cl2FN2O7S/c33-24-2-1-3-25(34)29(24)30-23(31(44-36-30)17-4-5-17)15-43-28-14-19-12-22(28)32(39)37(19)18-6-7-21(26(35)13-18)27(38)16-45(40,41)20-8-10-42-11-9-20/h1-3,6-7,13,17,19-20,22,28H,4-5,8-12,14-16H2/t19-,22+,28+/m0/s1. The Labute approximate surface area is 269 Å². The van der Waals surface area contributed by atoms with Crippen molar-refractivity contribution < 1.29 is 36.4 Å². The van der Waals surface area contributed by atoms with Crippen LogP contribution in [0, 0.1) is 11.7 Å². The SMILES string of the molecule is O=C(CS(=O)(=O)C1CCOCC1)c1ccc(N2C(=O)[C@@H]3C[C@H]2C[C@H]3OCc2c(-c3c(Cl)cccc3Cl)noc2C2CC2)cc1F. The lowest BCUT2D eigenvalue weighted by Gasteiger charge is -2.31. The summed E-state index contributed by atoms with van der Waals surface area (Å²) in [5, 5.41) is 4.53. The van der Waals surface area contributed by atoms with E-state index in [9.17, 15) is 18.0 Å². The number of carbonyl (C=O) groups is 2. The van der Waals surface area contributed by atoms with Gasteiger partial charge in [-0.3, -0.25) is 9.59 Å². The van der Waals surface area contributed by atoms with Crippen molar-refractivity contribution in [1.82, 2.24) is 5.16 Å². The van der Waals surface area contributed by atoms with E-state index in [0.717, 1.165) is 30.2 Å². The number of halogens is 3. The molecular weight excluding hydrogens is 646 g/mol. The summed E-state index contributed by atoms with van der Waals surface area (Å²) in [4.78, 5) is 27.9. The van der Waals surface area contributed by atoms with Crippen LogP contribution in [0.15, 0.2) is 40.9 Å². The number of hydrogen-bond acceptors (Lipinski definition) is 8. The number of anilines is 1. The average molecular weight is 678 g/mol. The average Bonchev–Trinajstić information content (AvgIpc) is 3.52. The minimum Gasteiger partial charge on any atom is -0.381 e. The zero-order valence-corrected chi connectivity index (χ0v) is 26.5. The van der Waals surface area contributed by atoms with Gasteiger partial charge in [-0.15, -0.1) is 0 Å². The molecule has 45 heavy (non-hydrogen) atoms. The number of amides is 1. The number of piperidine rings is 1. The van der Waals surface area contributed by atoms with E-state index in [1.54, 1.807) is 23.1 Å². The van der Waals surface area contributed by atoms with Crippen molar-refractivity contribution in [2.75, 3.05) is 23.9 Å². The Kier molecular flexibility index (Phi) is 8.27. The highest BCUT2D eigenvalue weighted by atomic mass is 35.5. The molecule has 3 atom stereocenters. The number of ether oxygens (including phenoxy) is 2. The van der Waals surface area contributed by atoms with Gasteiger partial charge in [0, 0.05) is 42.0 Å². The lowest BCUT2D eigenvalue weighted by Crippen LogP contribution is -2.43. The number of aromatic nitrogens is 1. The molecule has 13 heteroatoms. The molecule has 238 valence electrons. The molecule has 1 aromatic heterocycles. The molecule has 2 bridgehead atoms. The van der Waals surface area contributed by atoms with Crippen LogP contribution in [0.1, 0.15) is 66.1 Å². The number of nitrogens with zero attached hydrogens (tertiary/aromatic N) is 2. The normalized spacial score (nSPS) is 23.7. The Hall–Kier alpha value is -2.83. The predicted octanol–water partition coefficient (Wildman–Crippen LogP) is 6.15. The number of sulfone groups is 1. The lowest BCUT2D eigenvalue weighted by atomic mass is 10.0. The van der Waals surface area contributed by atoms with Crippen molar-refractivity contribution in [3.05, 3.63) is 69.1 Å². The molecule has 2 saturated carbocycles. The molecule has 0 radical (unpaired) electrons. The van der Waals surface area contributed by atoms with E-state index < -0.39 is 38.4 Å². The summed E-state index contributed by atoms with van der Waals surface area (Å²) >= 11 is 13.0. The first-order valence-electron chi connectivity index (χ1n) is 15.1. The molecule has 1 amide bonds. The van der Waals surface area contributed by atoms with E-state index in [4.69, 9.17) is 37.2 Å². The van der Waals surface area contributed by atoms with Crippen LogP contribution in [0.4, 0.5) is 10.1 Å². The first-order chi connectivity index (χ1) is 21.6. The van der Waals surface area contributed by atoms with Crippen LogP contribution in [0.2, 0.25) is 10.0 Å². The molecule has 2 aromatic carbocycles. The molecular formula is C32H31Cl2FN2O7S. The van der Waals surface area contributed by atoms with Gasteiger partial charge in [-0.2, -0.15) is 0 Å². The van der Waals surface area contributed by atoms with Gasteiger partial charge in [0.25, 0.3) is 0 Å². The summed E-state index contributed by atoms with van der Waals surface area (Å²) in [6, 6.07) is 8.95. The molecule has 4 fully saturated rings. The Morgan fingerprint density at radius 1 is 1.07 bits per heavy atom. The topological polar surface area (TPSA) is 116 Å². The second-order valence-electron chi connectivity index (χ2n) is 12.2. The molecule has 7 rings (SSSR count). The number of ketones is 1. The van der Waals surface area contributed by atoms with Gasteiger partial charge in [0.2, 0.25) is 5.91 Å². The van der Waals surface area contributed by atoms with Gasteiger partial charge in [0.05, 0.1) is 39.5 Å². The van der Waals surface area contributed by atoms with Crippen molar-refractivity contribution in [3.8, 4) is 11.3 Å². The van der Waals surface area contributed by atoms with Crippen LogP contribution in [-0.2, 0) is 30.7 Å². The number of Topliss-reactive ketones (excluding diaryl/α,β-unsaturated/α-hetero) is 1. The summed E-state index contributed by atoms with van der Waals surface area (Å²) in [5.74, 6) is -2.00. The third kappa shape index (κ3) is 5.82. The van der Waals surface area contributed by atoms with Crippen molar-refractivity contribution in [1.29, 1.82) is 0 Å². The van der Waals surface area contributed by atoms with Gasteiger partial charge in [-0.1, -0.05) is 34.4 Å². The highest BCUT2D eigenvalue weighted by Gasteiger charge is 2.52. The second kappa shape index (κ2) is 12.1. The predicted molar refractivity (Wildman–Crippen MR) is 165 cm³/mol. The van der Waals surface area contributed by atoms with Gasteiger partial charge in [0.1, 0.15) is 23.0 Å². The number of carbonyl (C=O) groups excluding carboxylic acids is 2. The summed E-state index contributed by atoms with van der Waals surface area (Å²) in [7, 11) is -3.74. The molecule has 4 aliphatic rings. The van der Waals surface area contributed by atoms with E-state index in [2.05, 4.69) is 5.16 Å². The zero-order chi connectivity index (χ0) is 31.5. The van der Waals surface area contributed by atoms with Gasteiger partial charge in [-0.25, -0.2) is 12.8 Å². The van der Waals surface area contributed by atoms with Crippen LogP contribution in [0.3, 0.4) is 0 Å². The first kappa shape index (κ1) is 30.8. The third-order valence-electron chi connectivity index (χ3n) is 9.35. The second-order valence-corrected chi connectivity index (χ2v) is 15.3. The molecule has 3 heterocycles. The molecule has 2 aliphatic carbocycles. The van der Waals surface area contributed by atoms with E-state index in [1.165, 1.54) is 12.1 Å². The largest absolute Gasteiger partial charge is 0.381 e. The maximum absolute atomic E-state index is 15.2. The fourth-order valence-electron chi connectivity index (χ4n) is 6.86. The quantitative estimate of drug-likeness (QED) is 0.235. The van der Waals surface area contributed by atoms with Crippen LogP contribution in [0.5, 0.6) is 0 Å². The first-order valence-corrected chi connectivity index (χ1v) is 17.6. The number of benzene rings is 2. The Morgan fingerprint density at radius 2 is 1.80 bits per heavy atom. The fraction of sp³-hybridized carbons (Fsp3) is 0.469. The molecule has 0 N–H and O–H groups in total. The highest BCUT2D eigenvalue weighted by molar-refractivity contribution is 7.92. The van der Waals surface area contributed by atoms with Crippen molar-refractivity contribution in [3.63, 3.8) is 0 Å². The van der Waals surface area contributed by atoms with Gasteiger partial charge in [-0.05, 0) is 68.9 Å². The molecule has 3 aromatic rings. The number of rotatable bonds is 10. The van der Waals surface area contributed by atoms with Crippen LogP contribution in [-0.4, -0.2) is 61.6 Å². The minimum absolute atomic E-state index is 0.176. The van der Waals surface area contributed by atoms with Crippen LogP contribution < -0.4 is 4.90 Å². The van der Waals surface area contributed by atoms with Crippen LogP contribution >= 0.6 is 23.2 Å². The maximum atomic E-state index is 15.2. The number of fused-ring (bicyclic) bond motifs is 2. The minimum atomic E-state index is -3.74. The zero-order valence-electron chi connectivity index (χ0n) is 24.2. The summed E-state index contributed by atoms with van der Waals surface area (Å²) in [5.41, 5.74) is 1.92. The third-order valence-corrected chi connectivity index (χ3v) is 12.1. The Balaban J connectivity index is 1.03. The molecule has 0 unspecified atom stereocenters. The summed E-state index contributed by atoms with van der Waals surface area (Å²) in [6.07, 6.45) is 3.37. The van der Waals surface area contributed by atoms with E-state index in [1.807, 2.05) is 0 Å². The number of hydrogen-bond donors (Lipinski definition) is 0. The van der Waals surface area contributed by atoms with Crippen molar-refractivity contribution in [2.45, 2.75) is 68.4 Å². The summed E-state index contributed by atoms with van der Waals surface area (Å²) in [6.45, 7) is 0.814. The van der Waals surface area contributed by atoms with E-state index in [0.29, 0.717) is 65.9 Å². The smallest absolute Gasteiger partial charge is 0.233 e. The van der Waals surface area contributed by atoms with Crippen molar-refractivity contribution >= 4 is 50.4 Å². The van der Waals surface area contributed by atoms with Gasteiger partial charge in [0.15, 0.2) is 15.6 Å². The molecule has 0 spiro atoms. The fourth-order valence-corrected chi connectivity index (χ4v) is 9.10. The molecule has 2 aliphatic heterocycles. The van der Waals surface area contributed by atoms with Gasteiger partial charge >= 0.3 is 0 Å². The summed E-state index contributed by atoms with van der Waals surface area (Å²) < 4.78 is 58.0. The van der Waals surface area contributed by atoms with Crippen LogP contribution in [0.25, 0.3) is 11.3 Å².